The maximum atomic E-state index is 10.1. The molecule has 9 nitrogen and oxygen atoms in total. The first-order chi connectivity index (χ1) is 17.7. The molecule has 0 aliphatic rings. The quantitative estimate of drug-likeness (QED) is 0.0976. The van der Waals surface area contributed by atoms with Gasteiger partial charge in [-0.15, -0.1) is 0 Å². The minimum absolute atomic E-state index is 0.0567. The fourth-order valence-electron chi connectivity index (χ4n) is 3.02. The lowest BCUT2D eigenvalue weighted by Gasteiger charge is -2.08. The predicted molar refractivity (Wildman–Crippen MR) is 148 cm³/mol. The molecule has 0 atom stereocenters. The second-order valence-electron chi connectivity index (χ2n) is 9.04. The van der Waals surface area contributed by atoms with Crippen molar-refractivity contribution in [3.05, 3.63) is 0 Å². The molecule has 0 saturated carbocycles. The average molecular weight is 539 g/mol. The van der Waals surface area contributed by atoms with E-state index in [9.17, 15) is 14.4 Å². The van der Waals surface area contributed by atoms with Gasteiger partial charge in [-0.3, -0.25) is 14.4 Å². The molecule has 0 bridgehead atoms. The molecule has 0 rings (SSSR count). The largest absolute Gasteiger partial charge is 0.481 e. The fourth-order valence-corrected chi connectivity index (χ4v) is 3.02. The van der Waals surface area contributed by atoms with E-state index in [1.807, 2.05) is 6.92 Å². The molecule has 0 aromatic heterocycles. The van der Waals surface area contributed by atoms with Crippen molar-refractivity contribution >= 4 is 17.9 Å². The smallest absolute Gasteiger partial charge is 0.303 e. The van der Waals surface area contributed by atoms with Gasteiger partial charge in [0.2, 0.25) is 0 Å². The summed E-state index contributed by atoms with van der Waals surface area (Å²) in [5.74, 6) is -1.97. The summed E-state index contributed by atoms with van der Waals surface area (Å²) in [7, 11) is 0. The van der Waals surface area contributed by atoms with E-state index >= 15 is 0 Å². The van der Waals surface area contributed by atoms with Gasteiger partial charge in [0.15, 0.2) is 0 Å². The highest BCUT2D eigenvalue weighted by atomic mass is 16.4. The molecule has 224 valence electrons. The van der Waals surface area contributed by atoms with E-state index in [1.165, 1.54) is 51.4 Å². The Hall–Kier alpha value is -1.71. The van der Waals surface area contributed by atoms with Crippen LogP contribution in [-0.2, 0) is 14.4 Å². The first kappa shape index (κ1) is 42.4. The zero-order chi connectivity index (χ0) is 29.2. The third-order valence-electron chi connectivity index (χ3n) is 5.29. The molecule has 0 aliphatic heterocycles. The number of aliphatic carboxylic acids is 3. The van der Waals surface area contributed by atoms with Gasteiger partial charge in [0.1, 0.15) is 0 Å². The van der Waals surface area contributed by atoms with Crippen molar-refractivity contribution in [2.75, 3.05) is 19.8 Å². The van der Waals surface area contributed by atoms with Gasteiger partial charge in [-0.05, 0) is 38.0 Å². The van der Waals surface area contributed by atoms with E-state index in [2.05, 4.69) is 13.8 Å². The molecule has 0 fully saturated rings. The maximum absolute atomic E-state index is 10.1. The summed E-state index contributed by atoms with van der Waals surface area (Å²) in [5.41, 5.74) is 0. The number of carbonyl (C=O) groups is 3. The summed E-state index contributed by atoms with van der Waals surface area (Å²) in [6.45, 7) is 6.42. The first-order valence-electron chi connectivity index (χ1n) is 14.1. The Kier molecular flexibility index (Phi) is 44.5. The van der Waals surface area contributed by atoms with Gasteiger partial charge in [0.25, 0.3) is 0 Å². The highest BCUT2D eigenvalue weighted by molar-refractivity contribution is 5.67. The Morgan fingerprint density at radius 3 is 1.03 bits per heavy atom. The number of unbranched alkanes of at least 4 members (excludes halogenated alkanes) is 10. The summed E-state index contributed by atoms with van der Waals surface area (Å²) in [5, 5.41) is 49.9. The highest BCUT2D eigenvalue weighted by Gasteiger charge is 2.04. The van der Waals surface area contributed by atoms with Crippen LogP contribution in [0.25, 0.3) is 0 Å². The van der Waals surface area contributed by atoms with Crippen LogP contribution in [0.3, 0.4) is 0 Å². The standard InChI is InChI=1S/C10H20O2.C8H16O2.C6H14O3.C4H8O2/c1-2-3-4-5-6-7-8-9-10(11)12;1-2-3-4-5-6-7-8(9)10;7-3-1-6(5-9)2-4-8;1-2-3-4(5)6/h2-9H2,1H3,(H,11,12);2-7H2,1H3,(H,9,10);6-9H,1-5H2;2-3H2,1H3,(H,5,6). The summed E-state index contributed by atoms with van der Waals surface area (Å²) >= 11 is 0. The van der Waals surface area contributed by atoms with Crippen LogP contribution in [0.4, 0.5) is 0 Å². The Morgan fingerprint density at radius 2 is 0.811 bits per heavy atom. The maximum Gasteiger partial charge on any atom is 0.303 e. The van der Waals surface area contributed by atoms with Gasteiger partial charge in [-0.2, -0.15) is 0 Å². The molecule has 0 aromatic carbocycles. The molecule has 37 heavy (non-hydrogen) atoms. The van der Waals surface area contributed by atoms with Gasteiger partial charge in [0.05, 0.1) is 0 Å². The van der Waals surface area contributed by atoms with Crippen LogP contribution in [0.15, 0.2) is 0 Å². The summed E-state index contributed by atoms with van der Waals surface area (Å²) in [6.07, 6.45) is 16.7. The Morgan fingerprint density at radius 1 is 0.486 bits per heavy atom. The van der Waals surface area contributed by atoms with Gasteiger partial charge < -0.3 is 30.6 Å². The second-order valence-corrected chi connectivity index (χ2v) is 9.04. The number of aliphatic hydroxyl groups is 3. The summed E-state index contributed by atoms with van der Waals surface area (Å²) in [4.78, 5) is 29.8. The number of carboxylic acid groups (broad SMARTS) is 3. The Bertz CT molecular complexity index is 465. The number of carboxylic acids is 3. The van der Waals surface area contributed by atoms with Crippen molar-refractivity contribution in [3.63, 3.8) is 0 Å². The lowest BCUT2D eigenvalue weighted by molar-refractivity contribution is -0.138. The first-order valence-corrected chi connectivity index (χ1v) is 14.1. The number of aliphatic hydroxyl groups excluding tert-OH is 3. The van der Waals surface area contributed by atoms with Crippen LogP contribution in [0.5, 0.6) is 0 Å². The van der Waals surface area contributed by atoms with Gasteiger partial charge in [0, 0.05) is 39.1 Å². The highest BCUT2D eigenvalue weighted by Crippen LogP contribution is 2.08. The summed E-state index contributed by atoms with van der Waals surface area (Å²) < 4.78 is 0. The summed E-state index contributed by atoms with van der Waals surface area (Å²) in [6, 6.07) is 0. The van der Waals surface area contributed by atoms with E-state index < -0.39 is 17.9 Å². The van der Waals surface area contributed by atoms with Crippen molar-refractivity contribution in [1.82, 2.24) is 0 Å². The molecular formula is C28H58O9. The Labute approximate surface area is 225 Å². The van der Waals surface area contributed by atoms with Gasteiger partial charge >= 0.3 is 17.9 Å². The van der Waals surface area contributed by atoms with E-state index in [0.717, 1.165) is 32.1 Å². The van der Waals surface area contributed by atoms with E-state index in [-0.39, 0.29) is 25.7 Å². The average Bonchev–Trinajstić information content (AvgIpc) is 2.84. The zero-order valence-electron chi connectivity index (χ0n) is 23.8. The molecule has 0 saturated heterocycles. The molecule has 0 spiro atoms. The number of hydrogen-bond donors (Lipinski definition) is 6. The number of rotatable bonds is 21. The zero-order valence-corrected chi connectivity index (χ0v) is 23.8. The van der Waals surface area contributed by atoms with Crippen molar-refractivity contribution < 1.29 is 45.0 Å². The van der Waals surface area contributed by atoms with Crippen molar-refractivity contribution in [2.24, 2.45) is 5.92 Å². The molecular weight excluding hydrogens is 480 g/mol. The normalized spacial score (nSPS) is 9.81. The van der Waals surface area contributed by atoms with Gasteiger partial charge in [-0.25, -0.2) is 0 Å². The van der Waals surface area contributed by atoms with Crippen LogP contribution in [-0.4, -0.2) is 68.4 Å². The SMILES string of the molecule is CCCC(=O)O.CCCCCCCC(=O)O.CCCCCCCCCC(=O)O.OCCC(CO)CCO. The van der Waals surface area contributed by atoms with E-state index in [1.54, 1.807) is 0 Å². The van der Waals surface area contributed by atoms with E-state index in [0.29, 0.717) is 32.1 Å². The number of hydrogen-bond acceptors (Lipinski definition) is 6. The molecule has 0 radical (unpaired) electrons. The van der Waals surface area contributed by atoms with Crippen LogP contribution in [0.2, 0.25) is 0 Å². The minimum Gasteiger partial charge on any atom is -0.481 e. The lowest BCUT2D eigenvalue weighted by atomic mass is 10.0. The third-order valence-corrected chi connectivity index (χ3v) is 5.29. The molecule has 9 heteroatoms. The molecule has 0 heterocycles. The van der Waals surface area contributed by atoms with Crippen LogP contribution >= 0.6 is 0 Å². The molecule has 0 aromatic rings. The minimum atomic E-state index is -0.711. The van der Waals surface area contributed by atoms with Crippen molar-refractivity contribution in [3.8, 4) is 0 Å². The fraction of sp³-hybridized carbons (Fsp3) is 0.893. The second kappa shape index (κ2) is 38.8. The van der Waals surface area contributed by atoms with Crippen LogP contribution < -0.4 is 0 Å². The van der Waals surface area contributed by atoms with Crippen molar-refractivity contribution in [2.45, 2.75) is 136 Å². The van der Waals surface area contributed by atoms with E-state index in [4.69, 9.17) is 30.6 Å². The van der Waals surface area contributed by atoms with Crippen LogP contribution in [0, 0.1) is 5.92 Å². The monoisotopic (exact) mass is 538 g/mol. The predicted octanol–water partition coefficient (Wildman–Crippen LogP) is 5.87. The molecule has 0 unspecified atom stereocenters. The topological polar surface area (TPSA) is 173 Å². The van der Waals surface area contributed by atoms with Gasteiger partial charge in [-0.1, -0.05) is 85.0 Å². The third kappa shape index (κ3) is 55.9. The molecule has 0 aliphatic carbocycles. The molecule has 0 amide bonds. The van der Waals surface area contributed by atoms with Crippen molar-refractivity contribution in [1.29, 1.82) is 0 Å². The lowest BCUT2D eigenvalue weighted by Crippen LogP contribution is -2.09. The molecule has 6 N–H and O–H groups in total. The Balaban J connectivity index is -0.000000201. The van der Waals surface area contributed by atoms with Crippen LogP contribution in [0.1, 0.15) is 136 Å².